The van der Waals surface area contributed by atoms with Gasteiger partial charge in [-0.2, -0.15) is 0 Å². The van der Waals surface area contributed by atoms with Gasteiger partial charge in [0.2, 0.25) is 5.91 Å². The second kappa shape index (κ2) is 6.58. The summed E-state index contributed by atoms with van der Waals surface area (Å²) in [5, 5.41) is 1.68. The van der Waals surface area contributed by atoms with E-state index in [0.29, 0.717) is 5.69 Å². The Morgan fingerprint density at radius 3 is 2.00 bits per heavy atom. The molecule has 138 valence electrons. The van der Waals surface area contributed by atoms with Crippen LogP contribution in [0.2, 0.25) is 0 Å². The number of pyridine rings is 1. The SMILES string of the molecule is O=C1[C@H]2[C@@H](ON(c3ccccc3)[C@H]2c2ccncc2)C(=O)N1c1ccccc1. The largest absolute Gasteiger partial charge is 0.273 e. The highest BCUT2D eigenvalue weighted by Gasteiger charge is 2.60. The molecule has 0 bridgehead atoms. The summed E-state index contributed by atoms with van der Waals surface area (Å²) in [7, 11) is 0. The van der Waals surface area contributed by atoms with Crippen LogP contribution in [0.3, 0.4) is 0 Å². The Balaban J connectivity index is 1.59. The van der Waals surface area contributed by atoms with E-state index < -0.39 is 18.1 Å². The second-order valence-electron chi connectivity index (χ2n) is 6.79. The number of carbonyl (C=O) groups excluding carboxylic acids is 2. The monoisotopic (exact) mass is 371 g/mol. The Hall–Kier alpha value is -3.51. The molecular formula is C22H17N3O3. The average molecular weight is 371 g/mol. The first kappa shape index (κ1) is 16.6. The van der Waals surface area contributed by atoms with Crippen LogP contribution in [0.1, 0.15) is 11.6 Å². The first-order valence-corrected chi connectivity index (χ1v) is 9.09. The predicted octanol–water partition coefficient (Wildman–Crippen LogP) is 3.13. The van der Waals surface area contributed by atoms with Gasteiger partial charge in [0.1, 0.15) is 5.92 Å². The van der Waals surface area contributed by atoms with Gasteiger partial charge < -0.3 is 0 Å². The van der Waals surface area contributed by atoms with E-state index in [1.54, 1.807) is 29.6 Å². The number of para-hydroxylation sites is 2. The van der Waals surface area contributed by atoms with E-state index in [1.807, 2.05) is 60.7 Å². The molecule has 0 N–H and O–H groups in total. The number of imide groups is 1. The number of hydroxylamine groups is 1. The predicted molar refractivity (Wildman–Crippen MR) is 103 cm³/mol. The van der Waals surface area contributed by atoms with Crippen molar-refractivity contribution in [2.24, 2.45) is 5.92 Å². The first-order chi connectivity index (χ1) is 13.8. The molecule has 28 heavy (non-hydrogen) atoms. The van der Waals surface area contributed by atoms with Gasteiger partial charge in [-0.1, -0.05) is 36.4 Å². The smallest absolute Gasteiger partial charge is 0.266 e. The molecular weight excluding hydrogens is 354 g/mol. The fraction of sp³-hybridized carbons (Fsp3) is 0.136. The van der Waals surface area contributed by atoms with Gasteiger partial charge in [-0.15, -0.1) is 0 Å². The zero-order chi connectivity index (χ0) is 19.1. The van der Waals surface area contributed by atoms with Crippen molar-refractivity contribution in [1.82, 2.24) is 4.98 Å². The standard InChI is InChI=1S/C22H17N3O3/c26-21-18-19(15-11-13-23-14-12-15)25(17-9-5-2-6-10-17)28-20(18)22(27)24(21)16-7-3-1-4-8-16/h1-14,18-20H/t18-,19+,20-/m1/s1. The summed E-state index contributed by atoms with van der Waals surface area (Å²) in [5.41, 5.74) is 2.24. The maximum Gasteiger partial charge on any atom is 0.266 e. The molecule has 0 radical (unpaired) electrons. The third-order valence-corrected chi connectivity index (χ3v) is 5.19. The van der Waals surface area contributed by atoms with Crippen LogP contribution in [0, 0.1) is 5.92 Å². The lowest BCUT2D eigenvalue weighted by atomic mass is 9.91. The molecule has 3 heterocycles. The summed E-state index contributed by atoms with van der Waals surface area (Å²) in [6.07, 6.45) is 2.51. The molecule has 0 spiro atoms. The number of nitrogens with zero attached hydrogens (tertiary/aromatic N) is 3. The van der Waals surface area contributed by atoms with Gasteiger partial charge in [0.25, 0.3) is 5.91 Å². The van der Waals surface area contributed by atoms with E-state index in [2.05, 4.69) is 4.98 Å². The van der Waals surface area contributed by atoms with Crippen LogP contribution in [0.4, 0.5) is 11.4 Å². The minimum atomic E-state index is -0.855. The lowest BCUT2D eigenvalue weighted by molar-refractivity contribution is -0.126. The number of anilines is 2. The zero-order valence-electron chi connectivity index (χ0n) is 14.9. The molecule has 0 aliphatic carbocycles. The number of amides is 2. The third kappa shape index (κ3) is 2.50. The summed E-state index contributed by atoms with van der Waals surface area (Å²) >= 11 is 0. The second-order valence-corrected chi connectivity index (χ2v) is 6.79. The molecule has 2 aromatic carbocycles. The number of aromatic nitrogens is 1. The fourth-order valence-electron chi connectivity index (χ4n) is 3.94. The maximum absolute atomic E-state index is 13.3. The number of rotatable bonds is 3. The molecule has 3 aromatic rings. The third-order valence-electron chi connectivity index (χ3n) is 5.19. The highest BCUT2D eigenvalue weighted by Crippen LogP contribution is 2.47. The first-order valence-electron chi connectivity index (χ1n) is 9.09. The fourth-order valence-corrected chi connectivity index (χ4v) is 3.94. The quantitative estimate of drug-likeness (QED) is 0.662. The van der Waals surface area contributed by atoms with Gasteiger partial charge >= 0.3 is 0 Å². The number of fused-ring (bicyclic) bond motifs is 1. The molecule has 6 heteroatoms. The zero-order valence-corrected chi connectivity index (χ0v) is 14.9. The van der Waals surface area contributed by atoms with Crippen molar-refractivity contribution in [3.8, 4) is 0 Å². The highest BCUT2D eigenvalue weighted by molar-refractivity contribution is 6.23. The van der Waals surface area contributed by atoms with E-state index in [4.69, 9.17) is 4.84 Å². The molecule has 2 aliphatic heterocycles. The molecule has 2 fully saturated rings. The average Bonchev–Trinajstić information content (AvgIpc) is 3.26. The van der Waals surface area contributed by atoms with E-state index in [9.17, 15) is 9.59 Å². The molecule has 2 amide bonds. The molecule has 2 saturated heterocycles. The number of benzene rings is 2. The van der Waals surface area contributed by atoms with Crippen LogP contribution in [-0.2, 0) is 14.4 Å². The highest BCUT2D eigenvalue weighted by atomic mass is 16.7. The molecule has 3 atom stereocenters. The van der Waals surface area contributed by atoms with E-state index in [0.717, 1.165) is 11.3 Å². The molecule has 5 rings (SSSR count). The minimum Gasteiger partial charge on any atom is -0.273 e. The molecule has 1 aromatic heterocycles. The van der Waals surface area contributed by atoms with Crippen molar-refractivity contribution < 1.29 is 14.4 Å². The van der Waals surface area contributed by atoms with Gasteiger partial charge in [0.05, 0.1) is 17.4 Å². The number of hydrogen-bond donors (Lipinski definition) is 0. The van der Waals surface area contributed by atoms with Gasteiger partial charge in [-0.05, 0) is 42.0 Å². The van der Waals surface area contributed by atoms with E-state index >= 15 is 0 Å². The summed E-state index contributed by atoms with van der Waals surface area (Å²) in [4.78, 5) is 37.8. The van der Waals surface area contributed by atoms with Crippen molar-refractivity contribution in [2.75, 3.05) is 9.96 Å². The normalized spacial score (nSPS) is 23.9. The Kier molecular flexibility index (Phi) is 3.91. The van der Waals surface area contributed by atoms with Gasteiger partial charge in [0, 0.05) is 12.4 Å². The van der Waals surface area contributed by atoms with Crippen molar-refractivity contribution in [1.29, 1.82) is 0 Å². The van der Waals surface area contributed by atoms with Crippen molar-refractivity contribution in [3.63, 3.8) is 0 Å². The Morgan fingerprint density at radius 1 is 0.750 bits per heavy atom. The summed E-state index contributed by atoms with van der Waals surface area (Å²) < 4.78 is 0. The van der Waals surface area contributed by atoms with Crippen LogP contribution in [0.5, 0.6) is 0 Å². The van der Waals surface area contributed by atoms with Crippen LogP contribution >= 0.6 is 0 Å². The number of carbonyl (C=O) groups is 2. The molecule has 6 nitrogen and oxygen atoms in total. The maximum atomic E-state index is 13.3. The van der Waals surface area contributed by atoms with E-state index in [1.165, 1.54) is 4.90 Å². The summed E-state index contributed by atoms with van der Waals surface area (Å²) in [5.74, 6) is -1.21. The Bertz CT molecular complexity index is 1010. The van der Waals surface area contributed by atoms with Crippen LogP contribution in [-0.4, -0.2) is 22.9 Å². The van der Waals surface area contributed by atoms with Crippen LogP contribution in [0.25, 0.3) is 0 Å². The van der Waals surface area contributed by atoms with Crippen LogP contribution in [0.15, 0.2) is 85.2 Å². The topological polar surface area (TPSA) is 62.7 Å². The molecule has 0 saturated carbocycles. The molecule has 0 unspecified atom stereocenters. The Morgan fingerprint density at radius 2 is 1.36 bits per heavy atom. The van der Waals surface area contributed by atoms with Crippen molar-refractivity contribution in [3.05, 3.63) is 90.8 Å². The van der Waals surface area contributed by atoms with Gasteiger partial charge in [-0.3, -0.25) is 19.4 Å². The van der Waals surface area contributed by atoms with Gasteiger partial charge in [0.15, 0.2) is 6.10 Å². The molecule has 2 aliphatic rings. The van der Waals surface area contributed by atoms with Crippen molar-refractivity contribution in [2.45, 2.75) is 12.1 Å². The van der Waals surface area contributed by atoms with E-state index in [-0.39, 0.29) is 11.8 Å². The Labute approximate surface area is 161 Å². The lowest BCUT2D eigenvalue weighted by Gasteiger charge is -2.28. The lowest BCUT2D eigenvalue weighted by Crippen LogP contribution is -2.37. The summed E-state index contributed by atoms with van der Waals surface area (Å²) in [6, 6.07) is 21.8. The minimum absolute atomic E-state index is 0.249. The number of hydrogen-bond acceptors (Lipinski definition) is 5. The van der Waals surface area contributed by atoms with Crippen molar-refractivity contribution >= 4 is 23.2 Å². The van der Waals surface area contributed by atoms with Gasteiger partial charge in [-0.25, -0.2) is 9.96 Å². The summed E-state index contributed by atoms with van der Waals surface area (Å²) in [6.45, 7) is 0. The van der Waals surface area contributed by atoms with Crippen LogP contribution < -0.4 is 9.96 Å².